The summed E-state index contributed by atoms with van der Waals surface area (Å²) in [5.74, 6) is 0. The van der Waals surface area contributed by atoms with Crippen molar-refractivity contribution < 1.29 is 17.9 Å². The van der Waals surface area contributed by atoms with Gasteiger partial charge < -0.3 is 15.0 Å². The molecule has 1 atom stereocenters. The van der Waals surface area contributed by atoms with Crippen LogP contribution in [0.2, 0.25) is 0 Å². The third kappa shape index (κ3) is 4.06. The predicted molar refractivity (Wildman–Crippen MR) is 83.6 cm³/mol. The topological polar surface area (TPSA) is 24.5 Å². The van der Waals surface area contributed by atoms with E-state index in [1.54, 1.807) is 12.1 Å². The monoisotopic (exact) mass is 326 g/mol. The maximum Gasteiger partial charge on any atom is 0.418 e. The fourth-order valence-electron chi connectivity index (χ4n) is 3.14. The van der Waals surface area contributed by atoms with Gasteiger partial charge in [-0.3, -0.25) is 0 Å². The molecule has 2 heterocycles. The molecule has 2 aliphatic heterocycles. The number of halogens is 3. The average molecular weight is 326 g/mol. The molecule has 2 aliphatic rings. The minimum Gasteiger partial charge on any atom is -0.377 e. The smallest absolute Gasteiger partial charge is 0.377 e. The number of hydrogen-bond acceptors (Lipinski definition) is 3. The Bertz CT molecular complexity index is 571. The van der Waals surface area contributed by atoms with Gasteiger partial charge >= 0.3 is 6.18 Å². The molecule has 0 spiro atoms. The summed E-state index contributed by atoms with van der Waals surface area (Å²) in [5.41, 5.74) is 0.957. The number of rotatable bonds is 4. The molecule has 1 aromatic rings. The third-order valence-electron chi connectivity index (χ3n) is 4.34. The van der Waals surface area contributed by atoms with E-state index in [0.717, 1.165) is 32.1 Å². The van der Waals surface area contributed by atoms with Gasteiger partial charge in [0, 0.05) is 31.4 Å². The molecule has 1 N–H and O–H groups in total. The maximum absolute atomic E-state index is 13.1. The number of anilines is 1. The zero-order valence-electron chi connectivity index (χ0n) is 12.9. The molecule has 0 saturated carbocycles. The van der Waals surface area contributed by atoms with Crippen molar-refractivity contribution in [2.45, 2.75) is 25.1 Å². The number of nitrogens with zero attached hydrogens (tertiary/aromatic N) is 1. The Labute approximate surface area is 134 Å². The second-order valence-electron chi connectivity index (χ2n) is 6.03. The normalized spacial score (nSPS) is 22.3. The minimum atomic E-state index is -4.31. The van der Waals surface area contributed by atoms with Crippen LogP contribution in [0.4, 0.5) is 18.9 Å². The fourth-order valence-corrected chi connectivity index (χ4v) is 3.14. The highest BCUT2D eigenvalue weighted by atomic mass is 19.4. The van der Waals surface area contributed by atoms with E-state index in [1.807, 2.05) is 4.90 Å². The van der Waals surface area contributed by atoms with Crippen LogP contribution < -0.4 is 10.2 Å². The van der Waals surface area contributed by atoms with Gasteiger partial charge in [0.05, 0.1) is 18.8 Å². The number of alkyl halides is 3. The van der Waals surface area contributed by atoms with Gasteiger partial charge in [0.15, 0.2) is 0 Å². The molecule has 0 aromatic heterocycles. The van der Waals surface area contributed by atoms with Crippen LogP contribution in [-0.2, 0) is 10.9 Å². The van der Waals surface area contributed by atoms with Gasteiger partial charge in [-0.15, -0.1) is 0 Å². The molecule has 0 bridgehead atoms. The Balaban J connectivity index is 1.61. The highest BCUT2D eigenvalue weighted by molar-refractivity contribution is 5.55. The molecule has 0 aliphatic carbocycles. The van der Waals surface area contributed by atoms with E-state index in [0.29, 0.717) is 19.7 Å². The molecule has 1 saturated heterocycles. The molecule has 126 valence electrons. The van der Waals surface area contributed by atoms with E-state index in [4.69, 9.17) is 4.74 Å². The first-order chi connectivity index (χ1) is 11.0. The van der Waals surface area contributed by atoms with Crippen molar-refractivity contribution in [2.24, 2.45) is 0 Å². The van der Waals surface area contributed by atoms with Gasteiger partial charge in [0.1, 0.15) is 0 Å². The summed E-state index contributed by atoms with van der Waals surface area (Å²) in [4.78, 5) is 1.83. The molecule has 0 unspecified atom stereocenters. The number of benzene rings is 1. The summed E-state index contributed by atoms with van der Waals surface area (Å²) >= 11 is 0. The van der Waals surface area contributed by atoms with Gasteiger partial charge in [-0.25, -0.2) is 0 Å². The summed E-state index contributed by atoms with van der Waals surface area (Å²) in [6.45, 7) is 3.41. The average Bonchev–Trinajstić information content (AvgIpc) is 3.02. The van der Waals surface area contributed by atoms with E-state index in [2.05, 4.69) is 11.4 Å². The third-order valence-corrected chi connectivity index (χ3v) is 4.34. The zero-order valence-corrected chi connectivity index (χ0v) is 12.9. The van der Waals surface area contributed by atoms with Crippen LogP contribution in [0.3, 0.4) is 0 Å². The second-order valence-corrected chi connectivity index (χ2v) is 6.03. The first-order valence-electron chi connectivity index (χ1n) is 7.94. The van der Waals surface area contributed by atoms with E-state index in [9.17, 15) is 13.2 Å². The highest BCUT2D eigenvalue weighted by Gasteiger charge is 2.36. The Morgan fingerprint density at radius 3 is 2.83 bits per heavy atom. The van der Waals surface area contributed by atoms with Crippen molar-refractivity contribution in [3.63, 3.8) is 0 Å². The van der Waals surface area contributed by atoms with Gasteiger partial charge in [-0.1, -0.05) is 18.2 Å². The molecular formula is C17H21F3N2O. The van der Waals surface area contributed by atoms with Crippen molar-refractivity contribution in [1.29, 1.82) is 0 Å². The molecule has 3 nitrogen and oxygen atoms in total. The maximum atomic E-state index is 13.1. The molecular weight excluding hydrogens is 305 g/mol. The Kier molecular flexibility index (Phi) is 4.92. The van der Waals surface area contributed by atoms with Crippen molar-refractivity contribution in [3.05, 3.63) is 41.5 Å². The van der Waals surface area contributed by atoms with Gasteiger partial charge in [-0.2, -0.15) is 13.2 Å². The first kappa shape index (κ1) is 16.3. The molecule has 23 heavy (non-hydrogen) atoms. The minimum absolute atomic E-state index is 0.208. The molecule has 0 radical (unpaired) electrons. The van der Waals surface area contributed by atoms with E-state index in [1.165, 1.54) is 11.6 Å². The van der Waals surface area contributed by atoms with Crippen LogP contribution in [0.15, 0.2) is 35.9 Å². The molecule has 1 aromatic carbocycles. The van der Waals surface area contributed by atoms with E-state index < -0.39 is 11.7 Å². The lowest BCUT2D eigenvalue weighted by atomic mass is 10.1. The number of nitrogens with one attached hydrogen (secondary N) is 1. The summed E-state index contributed by atoms with van der Waals surface area (Å²) in [6.07, 6.45) is -0.346. The van der Waals surface area contributed by atoms with Crippen molar-refractivity contribution >= 4 is 5.69 Å². The van der Waals surface area contributed by atoms with Crippen LogP contribution in [0.1, 0.15) is 18.4 Å². The Morgan fingerprint density at radius 2 is 2.09 bits per heavy atom. The fraction of sp³-hybridized carbons (Fsp3) is 0.529. The van der Waals surface area contributed by atoms with Crippen LogP contribution in [0, 0.1) is 0 Å². The second kappa shape index (κ2) is 6.93. The summed E-state index contributed by atoms with van der Waals surface area (Å²) in [5, 5.41) is 3.44. The summed E-state index contributed by atoms with van der Waals surface area (Å²) in [6, 6.07) is 6.02. The summed E-state index contributed by atoms with van der Waals surface area (Å²) < 4.78 is 44.8. The van der Waals surface area contributed by atoms with Gasteiger partial charge in [0.25, 0.3) is 0 Å². The van der Waals surface area contributed by atoms with Crippen LogP contribution in [0.25, 0.3) is 0 Å². The summed E-state index contributed by atoms with van der Waals surface area (Å²) in [7, 11) is 0. The van der Waals surface area contributed by atoms with Gasteiger partial charge in [-0.05, 0) is 30.5 Å². The van der Waals surface area contributed by atoms with Crippen LogP contribution >= 0.6 is 0 Å². The van der Waals surface area contributed by atoms with Crippen molar-refractivity contribution in [2.75, 3.05) is 37.7 Å². The molecule has 6 heteroatoms. The molecule has 1 fully saturated rings. The molecule has 3 rings (SSSR count). The SMILES string of the molecule is FC(F)(F)c1ccccc1N1CC[C@@H](NCC2=CCCOC2)C1. The Morgan fingerprint density at radius 1 is 1.26 bits per heavy atom. The van der Waals surface area contributed by atoms with Crippen LogP contribution in [-0.4, -0.2) is 38.9 Å². The van der Waals surface area contributed by atoms with Crippen molar-refractivity contribution in [1.82, 2.24) is 5.32 Å². The van der Waals surface area contributed by atoms with Gasteiger partial charge in [0.2, 0.25) is 0 Å². The largest absolute Gasteiger partial charge is 0.418 e. The quantitative estimate of drug-likeness (QED) is 0.860. The number of para-hydroxylation sites is 1. The van der Waals surface area contributed by atoms with E-state index >= 15 is 0 Å². The predicted octanol–water partition coefficient (Wildman–Crippen LogP) is 3.22. The lowest BCUT2D eigenvalue weighted by molar-refractivity contribution is -0.137. The number of hydrogen-bond donors (Lipinski definition) is 1. The highest BCUT2D eigenvalue weighted by Crippen LogP contribution is 2.37. The van der Waals surface area contributed by atoms with Crippen LogP contribution in [0.5, 0.6) is 0 Å². The molecule has 0 amide bonds. The first-order valence-corrected chi connectivity index (χ1v) is 7.94. The zero-order chi connectivity index (χ0) is 16.3. The van der Waals surface area contributed by atoms with Crippen molar-refractivity contribution in [3.8, 4) is 0 Å². The van der Waals surface area contributed by atoms with E-state index in [-0.39, 0.29) is 11.7 Å². The Hall–Kier alpha value is -1.53. The lowest BCUT2D eigenvalue weighted by Gasteiger charge is -2.23. The lowest BCUT2D eigenvalue weighted by Crippen LogP contribution is -2.35. The standard InChI is InChI=1S/C17H21F3N2O/c18-17(19,20)15-5-1-2-6-16(15)22-8-7-14(11-22)21-10-13-4-3-9-23-12-13/h1-2,4-6,14,21H,3,7-12H2/t14-/m1/s1. The number of ether oxygens (including phenoxy) is 1.